The zero-order chi connectivity index (χ0) is 14.8. The molecular formula is C15H21Cl2NO2. The van der Waals surface area contributed by atoms with Crippen LogP contribution < -0.4 is 5.73 Å². The van der Waals surface area contributed by atoms with Crippen LogP contribution in [-0.4, -0.2) is 30.5 Å². The van der Waals surface area contributed by atoms with Crippen molar-refractivity contribution in [3.05, 3.63) is 33.8 Å². The smallest absolute Gasteiger partial charge is 0.0703 e. The summed E-state index contributed by atoms with van der Waals surface area (Å²) in [5.74, 6) is -0.201. The monoisotopic (exact) mass is 317 g/mol. The summed E-state index contributed by atoms with van der Waals surface area (Å²) in [4.78, 5) is 0. The van der Waals surface area contributed by atoms with Gasteiger partial charge in [0.1, 0.15) is 0 Å². The fourth-order valence-electron chi connectivity index (χ4n) is 2.88. The number of halogens is 2. The van der Waals surface area contributed by atoms with Crippen LogP contribution in [0.25, 0.3) is 0 Å². The van der Waals surface area contributed by atoms with Gasteiger partial charge in [-0.3, -0.25) is 0 Å². The highest BCUT2D eigenvalue weighted by molar-refractivity contribution is 6.35. The number of hydrogen-bond donors (Lipinski definition) is 2. The fraction of sp³-hybridized carbons (Fsp3) is 0.600. The molecular weight excluding hydrogens is 297 g/mol. The van der Waals surface area contributed by atoms with Crippen molar-refractivity contribution >= 4 is 23.2 Å². The third-order valence-electron chi connectivity index (χ3n) is 4.36. The molecule has 0 bridgehead atoms. The lowest BCUT2D eigenvalue weighted by Crippen LogP contribution is -2.44. The van der Waals surface area contributed by atoms with E-state index in [1.54, 1.807) is 19.2 Å². The molecule has 0 heterocycles. The number of ether oxygens (including phenoxy) is 1. The summed E-state index contributed by atoms with van der Waals surface area (Å²) in [5.41, 5.74) is 6.50. The Labute approximate surface area is 130 Å². The van der Waals surface area contributed by atoms with Crippen molar-refractivity contribution in [1.82, 2.24) is 0 Å². The third kappa shape index (κ3) is 3.29. The predicted molar refractivity (Wildman–Crippen MR) is 82.5 cm³/mol. The van der Waals surface area contributed by atoms with E-state index in [0.29, 0.717) is 23.0 Å². The molecule has 1 aliphatic carbocycles. The van der Waals surface area contributed by atoms with Crippen molar-refractivity contribution in [2.24, 2.45) is 5.73 Å². The molecule has 1 aromatic carbocycles. The van der Waals surface area contributed by atoms with Crippen LogP contribution in [0.5, 0.6) is 0 Å². The summed E-state index contributed by atoms with van der Waals surface area (Å²) in [7, 11) is 1.71. The fourth-order valence-corrected chi connectivity index (χ4v) is 3.43. The molecule has 0 aliphatic heterocycles. The van der Waals surface area contributed by atoms with Crippen LogP contribution in [0.4, 0.5) is 0 Å². The van der Waals surface area contributed by atoms with Crippen molar-refractivity contribution < 1.29 is 9.84 Å². The van der Waals surface area contributed by atoms with E-state index in [-0.39, 0.29) is 11.5 Å². The van der Waals surface area contributed by atoms with Crippen molar-refractivity contribution in [3.63, 3.8) is 0 Å². The Morgan fingerprint density at radius 1 is 1.40 bits per heavy atom. The van der Waals surface area contributed by atoms with Gasteiger partial charge < -0.3 is 15.6 Å². The molecule has 5 heteroatoms. The Balaban J connectivity index is 2.14. The molecule has 0 spiro atoms. The van der Waals surface area contributed by atoms with Gasteiger partial charge in [-0.05, 0) is 37.0 Å². The molecule has 1 fully saturated rings. The van der Waals surface area contributed by atoms with Gasteiger partial charge in [-0.1, -0.05) is 29.3 Å². The average molecular weight is 318 g/mol. The second-order valence-corrected chi connectivity index (χ2v) is 6.36. The zero-order valence-electron chi connectivity index (χ0n) is 11.6. The lowest BCUT2D eigenvalue weighted by Gasteiger charge is -2.43. The van der Waals surface area contributed by atoms with E-state index in [1.165, 1.54) is 0 Å². The number of methoxy groups -OCH3 is 1. The maximum Gasteiger partial charge on any atom is 0.0703 e. The van der Waals surface area contributed by atoms with Gasteiger partial charge in [0.2, 0.25) is 0 Å². The van der Waals surface area contributed by atoms with E-state index >= 15 is 0 Å². The summed E-state index contributed by atoms with van der Waals surface area (Å²) in [5, 5.41) is 11.7. The van der Waals surface area contributed by atoms with Crippen molar-refractivity contribution in [2.45, 2.75) is 43.3 Å². The molecule has 0 aromatic heterocycles. The van der Waals surface area contributed by atoms with Gasteiger partial charge >= 0.3 is 0 Å². The summed E-state index contributed by atoms with van der Waals surface area (Å²) >= 11 is 12.1. The molecule has 0 saturated heterocycles. The maximum atomic E-state index is 10.5. The Morgan fingerprint density at radius 2 is 2.10 bits per heavy atom. The van der Waals surface area contributed by atoms with Gasteiger partial charge in [-0.15, -0.1) is 0 Å². The summed E-state index contributed by atoms with van der Waals surface area (Å²) in [6.07, 6.45) is 3.15. The normalized spacial score (nSPS) is 20.2. The van der Waals surface area contributed by atoms with Crippen LogP contribution >= 0.6 is 23.2 Å². The molecule has 2 rings (SSSR count). The Hall–Kier alpha value is -0.320. The average Bonchev–Trinajstić information content (AvgIpc) is 2.37. The molecule has 20 heavy (non-hydrogen) atoms. The number of rotatable bonds is 6. The van der Waals surface area contributed by atoms with Crippen LogP contribution in [0, 0.1) is 0 Å². The van der Waals surface area contributed by atoms with Gasteiger partial charge in [0.15, 0.2) is 0 Å². The maximum absolute atomic E-state index is 10.5. The van der Waals surface area contributed by atoms with Crippen LogP contribution in [0.3, 0.4) is 0 Å². The van der Waals surface area contributed by atoms with Gasteiger partial charge in [-0.2, -0.15) is 0 Å². The Kier molecular flexibility index (Phi) is 5.32. The molecule has 3 nitrogen and oxygen atoms in total. The molecule has 0 amide bonds. The molecule has 0 radical (unpaired) electrons. The summed E-state index contributed by atoms with van der Waals surface area (Å²) in [6, 6.07) is 5.29. The Bertz CT molecular complexity index is 458. The first-order valence-corrected chi connectivity index (χ1v) is 7.65. The van der Waals surface area contributed by atoms with E-state index in [1.807, 2.05) is 6.07 Å². The molecule has 2 unspecified atom stereocenters. The van der Waals surface area contributed by atoms with Crippen LogP contribution in [0.2, 0.25) is 10.0 Å². The molecule has 1 aliphatic rings. The first-order valence-electron chi connectivity index (χ1n) is 6.89. The van der Waals surface area contributed by atoms with Gasteiger partial charge in [0.25, 0.3) is 0 Å². The number of aliphatic hydroxyl groups is 1. The third-order valence-corrected chi connectivity index (χ3v) is 4.92. The van der Waals surface area contributed by atoms with Crippen molar-refractivity contribution in [2.75, 3.05) is 13.7 Å². The standard InChI is InChI=1S/C15H21Cl2NO2/c1-20-15(5-2-6-15)8-14(19)12(9-18)11-4-3-10(16)7-13(11)17/h3-4,7,12,14,19H,2,5-6,8-9,18H2,1H3. The summed E-state index contributed by atoms with van der Waals surface area (Å²) < 4.78 is 5.57. The highest BCUT2D eigenvalue weighted by Crippen LogP contribution is 2.41. The second-order valence-electron chi connectivity index (χ2n) is 5.52. The molecule has 1 saturated carbocycles. The van der Waals surface area contributed by atoms with E-state index in [4.69, 9.17) is 33.7 Å². The minimum Gasteiger partial charge on any atom is -0.392 e. The topological polar surface area (TPSA) is 55.5 Å². The van der Waals surface area contributed by atoms with E-state index in [0.717, 1.165) is 24.8 Å². The largest absolute Gasteiger partial charge is 0.392 e. The first-order chi connectivity index (χ1) is 9.51. The van der Waals surface area contributed by atoms with E-state index < -0.39 is 6.10 Å². The van der Waals surface area contributed by atoms with Crippen molar-refractivity contribution in [3.8, 4) is 0 Å². The van der Waals surface area contributed by atoms with Gasteiger partial charge in [0.05, 0.1) is 11.7 Å². The first kappa shape index (κ1) is 16.1. The van der Waals surface area contributed by atoms with E-state index in [9.17, 15) is 5.11 Å². The lowest BCUT2D eigenvalue weighted by molar-refractivity contribution is -0.102. The lowest BCUT2D eigenvalue weighted by atomic mass is 9.73. The Morgan fingerprint density at radius 3 is 2.55 bits per heavy atom. The number of hydrogen-bond acceptors (Lipinski definition) is 3. The molecule has 2 atom stereocenters. The van der Waals surface area contributed by atoms with Gasteiger partial charge in [-0.25, -0.2) is 0 Å². The summed E-state index contributed by atoms with van der Waals surface area (Å²) in [6.45, 7) is 0.336. The van der Waals surface area contributed by atoms with Crippen molar-refractivity contribution in [1.29, 1.82) is 0 Å². The van der Waals surface area contributed by atoms with Crippen LogP contribution in [0.1, 0.15) is 37.2 Å². The van der Waals surface area contributed by atoms with Crippen LogP contribution in [-0.2, 0) is 4.74 Å². The SMILES string of the molecule is COC1(CC(O)C(CN)c2ccc(Cl)cc2Cl)CCC1. The number of nitrogens with two attached hydrogens (primary N) is 1. The predicted octanol–water partition coefficient (Wildman–Crippen LogP) is 3.36. The molecule has 112 valence electrons. The van der Waals surface area contributed by atoms with E-state index in [2.05, 4.69) is 0 Å². The zero-order valence-corrected chi connectivity index (χ0v) is 13.1. The second kappa shape index (κ2) is 6.63. The minimum absolute atomic E-state index is 0.189. The highest BCUT2D eigenvalue weighted by Gasteiger charge is 2.40. The van der Waals surface area contributed by atoms with Crippen LogP contribution in [0.15, 0.2) is 18.2 Å². The number of aliphatic hydroxyl groups excluding tert-OH is 1. The number of benzene rings is 1. The van der Waals surface area contributed by atoms with Gasteiger partial charge in [0, 0.05) is 36.0 Å². The molecule has 1 aromatic rings. The minimum atomic E-state index is -0.570. The molecule has 3 N–H and O–H groups in total. The highest BCUT2D eigenvalue weighted by atomic mass is 35.5. The quantitative estimate of drug-likeness (QED) is 0.846.